The summed E-state index contributed by atoms with van der Waals surface area (Å²) >= 11 is 0. The number of hydrogen-bond acceptors (Lipinski definition) is 6. The molecule has 0 spiro atoms. The lowest BCUT2D eigenvalue weighted by Crippen LogP contribution is -2.46. The van der Waals surface area contributed by atoms with Crippen molar-refractivity contribution in [3.8, 4) is 0 Å². The van der Waals surface area contributed by atoms with E-state index in [0.29, 0.717) is 32.6 Å². The molecule has 0 aliphatic heterocycles. The van der Waals surface area contributed by atoms with Gasteiger partial charge in [-0.25, -0.2) is 4.79 Å². The molecule has 1 aliphatic rings. The van der Waals surface area contributed by atoms with Gasteiger partial charge >= 0.3 is 30.3 Å². The molecule has 0 aromatic carbocycles. The molecule has 1 saturated carbocycles. The highest BCUT2D eigenvalue weighted by atomic mass is 19.4. The van der Waals surface area contributed by atoms with Gasteiger partial charge in [-0.15, -0.1) is 0 Å². The Hall–Kier alpha value is -2.01. The highest BCUT2D eigenvalue weighted by Crippen LogP contribution is 2.42. The molecule has 0 aromatic rings. The highest BCUT2D eigenvalue weighted by molar-refractivity contribution is 5.82. The zero-order chi connectivity index (χ0) is 27.2. The van der Waals surface area contributed by atoms with Crippen molar-refractivity contribution in [1.29, 1.82) is 0 Å². The van der Waals surface area contributed by atoms with E-state index in [1.165, 1.54) is 20.8 Å². The van der Waals surface area contributed by atoms with Crippen LogP contribution in [0.25, 0.3) is 0 Å². The Kier molecular flexibility index (Phi) is 10.5. The minimum absolute atomic E-state index is 0.0446. The summed E-state index contributed by atoms with van der Waals surface area (Å²) in [7, 11) is 0. The van der Waals surface area contributed by atoms with Gasteiger partial charge < -0.3 is 14.2 Å². The summed E-state index contributed by atoms with van der Waals surface area (Å²) in [6, 6.07) is 0. The summed E-state index contributed by atoms with van der Waals surface area (Å²) in [5.41, 5.74) is -2.97. The monoisotopic (exact) mass is 520 g/mol. The molecule has 0 radical (unpaired) electrons. The molecule has 3 unspecified atom stereocenters. The molecule has 35 heavy (non-hydrogen) atoms. The lowest BCUT2D eigenvalue weighted by atomic mass is 9.72. The second-order valence-corrected chi connectivity index (χ2v) is 9.99. The molecule has 1 aliphatic carbocycles. The van der Waals surface area contributed by atoms with E-state index >= 15 is 0 Å². The van der Waals surface area contributed by atoms with E-state index in [1.807, 2.05) is 0 Å². The van der Waals surface area contributed by atoms with Crippen molar-refractivity contribution in [2.75, 3.05) is 6.61 Å². The number of alkyl halides is 6. The van der Waals surface area contributed by atoms with Crippen molar-refractivity contribution >= 4 is 17.9 Å². The number of hydrogen-bond donors (Lipinski definition) is 0. The Morgan fingerprint density at radius 2 is 1.40 bits per heavy atom. The Labute approximate surface area is 201 Å². The van der Waals surface area contributed by atoms with Crippen LogP contribution in [0.2, 0.25) is 0 Å². The molecule has 1 rings (SSSR count). The van der Waals surface area contributed by atoms with Crippen molar-refractivity contribution in [3.05, 3.63) is 0 Å². The minimum Gasteiger partial charge on any atom is -0.453 e. The van der Waals surface area contributed by atoms with Gasteiger partial charge in [0, 0.05) is 5.92 Å². The third kappa shape index (κ3) is 9.18. The number of rotatable bonds is 10. The number of carbonyl (C=O) groups is 3. The van der Waals surface area contributed by atoms with Crippen molar-refractivity contribution in [3.63, 3.8) is 0 Å². The summed E-state index contributed by atoms with van der Waals surface area (Å²) < 4.78 is 92.5. The van der Waals surface area contributed by atoms with Crippen LogP contribution in [0.15, 0.2) is 0 Å². The van der Waals surface area contributed by atoms with Gasteiger partial charge in [0.05, 0.1) is 10.8 Å². The van der Waals surface area contributed by atoms with E-state index in [4.69, 9.17) is 9.47 Å². The standard InChI is InChI=1S/C23H34F6O6/c1-6-21(5,19(32)35-17(23(27,28)29)15-10-8-7-9-11-15)13-20(3,4)18(31)33-12-16(30)34-14(2)22(24,25)26/h14-15,17H,6-13H2,1-5H3. The van der Waals surface area contributed by atoms with Gasteiger partial charge in [-0.1, -0.05) is 26.2 Å². The molecule has 6 nitrogen and oxygen atoms in total. The van der Waals surface area contributed by atoms with Gasteiger partial charge in [0.15, 0.2) is 18.8 Å². The second-order valence-electron chi connectivity index (χ2n) is 9.99. The maximum absolute atomic E-state index is 13.7. The average molecular weight is 521 g/mol. The Bertz CT molecular complexity index is 742. The fraction of sp³-hybridized carbons (Fsp3) is 0.870. The first-order valence-corrected chi connectivity index (χ1v) is 11.5. The van der Waals surface area contributed by atoms with E-state index in [0.717, 1.165) is 6.42 Å². The summed E-state index contributed by atoms with van der Waals surface area (Å²) in [6.07, 6.45) is -11.8. The Balaban J connectivity index is 2.85. The first kappa shape index (κ1) is 31.0. The van der Waals surface area contributed by atoms with Crippen LogP contribution in [-0.2, 0) is 28.6 Å². The fourth-order valence-corrected chi connectivity index (χ4v) is 4.13. The third-order valence-corrected chi connectivity index (χ3v) is 6.38. The summed E-state index contributed by atoms with van der Waals surface area (Å²) in [5, 5.41) is 0. The highest BCUT2D eigenvalue weighted by Gasteiger charge is 2.51. The molecule has 0 N–H and O–H groups in total. The van der Waals surface area contributed by atoms with Gasteiger partial charge in [0.2, 0.25) is 0 Å². The Morgan fingerprint density at radius 3 is 1.86 bits per heavy atom. The van der Waals surface area contributed by atoms with E-state index in [1.54, 1.807) is 6.92 Å². The van der Waals surface area contributed by atoms with Crippen LogP contribution in [0.1, 0.15) is 79.6 Å². The summed E-state index contributed by atoms with van der Waals surface area (Å²) in [4.78, 5) is 37.0. The van der Waals surface area contributed by atoms with Crippen LogP contribution < -0.4 is 0 Å². The molecule has 3 atom stereocenters. The molecule has 204 valence electrons. The molecular formula is C23H34F6O6. The van der Waals surface area contributed by atoms with Crippen LogP contribution in [-0.4, -0.2) is 49.1 Å². The van der Waals surface area contributed by atoms with Gasteiger partial charge in [0.1, 0.15) is 0 Å². The number of esters is 3. The lowest BCUT2D eigenvalue weighted by molar-refractivity contribution is -0.241. The molecular weight excluding hydrogens is 486 g/mol. The maximum Gasteiger partial charge on any atom is 0.425 e. The van der Waals surface area contributed by atoms with E-state index < -0.39 is 65.8 Å². The smallest absolute Gasteiger partial charge is 0.425 e. The van der Waals surface area contributed by atoms with E-state index in [9.17, 15) is 40.7 Å². The van der Waals surface area contributed by atoms with Gasteiger partial charge in [-0.2, -0.15) is 26.3 Å². The molecule has 0 amide bonds. The number of carbonyl (C=O) groups excluding carboxylic acids is 3. The summed E-state index contributed by atoms with van der Waals surface area (Å²) in [5.74, 6) is -4.39. The summed E-state index contributed by atoms with van der Waals surface area (Å²) in [6.45, 7) is 5.15. The van der Waals surface area contributed by atoms with Gasteiger partial charge in [0.25, 0.3) is 0 Å². The normalized spacial score (nSPS) is 19.3. The van der Waals surface area contributed by atoms with E-state index in [2.05, 4.69) is 4.74 Å². The second kappa shape index (κ2) is 11.8. The van der Waals surface area contributed by atoms with Crippen molar-refractivity contribution in [2.24, 2.45) is 16.7 Å². The molecule has 0 bridgehead atoms. The molecule has 0 heterocycles. The lowest BCUT2D eigenvalue weighted by Gasteiger charge is -2.37. The number of ether oxygens (including phenoxy) is 3. The van der Waals surface area contributed by atoms with Crippen LogP contribution in [0, 0.1) is 16.7 Å². The van der Waals surface area contributed by atoms with Crippen molar-refractivity contribution in [2.45, 2.75) is 104 Å². The zero-order valence-electron chi connectivity index (χ0n) is 20.6. The first-order valence-electron chi connectivity index (χ1n) is 11.5. The Morgan fingerprint density at radius 1 is 0.857 bits per heavy atom. The minimum atomic E-state index is -4.78. The molecule has 1 fully saturated rings. The van der Waals surface area contributed by atoms with Crippen LogP contribution in [0.5, 0.6) is 0 Å². The fourth-order valence-electron chi connectivity index (χ4n) is 4.13. The van der Waals surface area contributed by atoms with E-state index in [-0.39, 0.29) is 12.8 Å². The van der Waals surface area contributed by atoms with Crippen LogP contribution in [0.3, 0.4) is 0 Å². The predicted molar refractivity (Wildman–Crippen MR) is 112 cm³/mol. The van der Waals surface area contributed by atoms with Gasteiger partial charge in [-0.3, -0.25) is 9.59 Å². The zero-order valence-corrected chi connectivity index (χ0v) is 20.6. The quantitative estimate of drug-likeness (QED) is 0.202. The average Bonchev–Trinajstić information content (AvgIpc) is 2.74. The van der Waals surface area contributed by atoms with Crippen molar-refractivity contribution < 1.29 is 54.9 Å². The van der Waals surface area contributed by atoms with Crippen molar-refractivity contribution in [1.82, 2.24) is 0 Å². The predicted octanol–water partition coefficient (Wildman–Crippen LogP) is 5.91. The third-order valence-electron chi connectivity index (χ3n) is 6.38. The first-order chi connectivity index (χ1) is 15.8. The number of halogens is 6. The van der Waals surface area contributed by atoms with Crippen LogP contribution in [0.4, 0.5) is 26.3 Å². The van der Waals surface area contributed by atoms with Gasteiger partial charge in [-0.05, 0) is 53.4 Å². The molecule has 12 heteroatoms. The largest absolute Gasteiger partial charge is 0.453 e. The topological polar surface area (TPSA) is 78.9 Å². The SMILES string of the molecule is CCC(C)(CC(C)(C)C(=O)OCC(=O)OC(C)C(F)(F)F)C(=O)OC(C1CCCCC1)C(F)(F)F. The molecule has 0 saturated heterocycles. The maximum atomic E-state index is 13.7. The molecule has 0 aromatic heterocycles. The van der Waals surface area contributed by atoms with Crippen LogP contribution >= 0.6 is 0 Å².